The summed E-state index contributed by atoms with van der Waals surface area (Å²) in [6.07, 6.45) is 50.7. The second-order valence-corrected chi connectivity index (χ2v) is 19.7. The minimum Gasteiger partial charge on any atom is -0.457 e. The number of ether oxygens (including phenoxy) is 2. The first-order valence-corrected chi connectivity index (χ1v) is 26.6. The highest BCUT2D eigenvalue weighted by atomic mass is 31.2. The number of phosphoric acid groups is 1. The Bertz CT molecular complexity index is 998. The Morgan fingerprint density at radius 1 is 0.525 bits per heavy atom. The zero-order valence-electron chi connectivity index (χ0n) is 39.8. The fourth-order valence-electron chi connectivity index (χ4n) is 7.11. The number of hydrogen-bond acceptors (Lipinski definition) is 6. The van der Waals surface area contributed by atoms with Crippen molar-refractivity contribution in [2.45, 2.75) is 238 Å². The van der Waals surface area contributed by atoms with Crippen LogP contribution in [-0.4, -0.2) is 75.6 Å². The highest BCUT2D eigenvalue weighted by Crippen LogP contribution is 2.43. The topological polar surface area (TPSA) is 91.3 Å². The maximum absolute atomic E-state index is 12.7. The van der Waals surface area contributed by atoms with Gasteiger partial charge in [0.05, 0.1) is 34.4 Å². The van der Waals surface area contributed by atoms with Crippen molar-refractivity contribution in [3.63, 3.8) is 0 Å². The Hall–Kier alpha value is -1.02. The van der Waals surface area contributed by atoms with E-state index in [-0.39, 0.29) is 25.8 Å². The number of hydrogen-bond donors (Lipinski definition) is 1. The van der Waals surface area contributed by atoms with Crippen LogP contribution in [0.15, 0.2) is 24.3 Å². The molecule has 0 radical (unpaired) electrons. The van der Waals surface area contributed by atoms with E-state index in [4.69, 9.17) is 18.5 Å². The molecule has 0 aromatic heterocycles. The van der Waals surface area contributed by atoms with Gasteiger partial charge in [-0.15, -0.1) is 0 Å². The van der Waals surface area contributed by atoms with Crippen molar-refractivity contribution in [1.82, 2.24) is 0 Å². The van der Waals surface area contributed by atoms with Crippen molar-refractivity contribution in [2.24, 2.45) is 0 Å². The number of allylic oxidation sites excluding steroid dienone is 4. The van der Waals surface area contributed by atoms with Gasteiger partial charge in [0.1, 0.15) is 19.3 Å². The second-order valence-electron chi connectivity index (χ2n) is 18.2. The van der Waals surface area contributed by atoms with Gasteiger partial charge in [-0.2, -0.15) is 0 Å². The van der Waals surface area contributed by atoms with Crippen molar-refractivity contribution >= 4 is 13.8 Å². The molecule has 0 saturated heterocycles. The molecule has 350 valence electrons. The number of carbonyl (C=O) groups is 1. The van der Waals surface area contributed by atoms with Crippen molar-refractivity contribution in [3.8, 4) is 0 Å². The van der Waals surface area contributed by atoms with E-state index in [1.165, 1.54) is 173 Å². The molecular weight excluding hydrogens is 758 g/mol. The first kappa shape index (κ1) is 58.0. The zero-order chi connectivity index (χ0) is 43.4. The standard InChI is InChI=1S/C50H98NO7P/c1-6-8-10-12-14-16-18-20-22-24-25-26-27-28-29-31-33-35-37-39-41-43-50(52)58-49(48-57-59(53,54)56-46-44-51(3,4)5)47-55-45-42-40-38-36-34-32-30-23-21-19-17-15-13-11-9-7-2/h18,20,24-25,49H,6-17,19,21-23,26-48H2,1-5H3/p+1/b20-18-,25-24-. The van der Waals surface area contributed by atoms with Crippen molar-refractivity contribution in [2.75, 3.05) is 54.1 Å². The number of phosphoric ester groups is 1. The Kier molecular flexibility index (Phi) is 42.9. The summed E-state index contributed by atoms with van der Waals surface area (Å²) in [5.41, 5.74) is 0. The highest BCUT2D eigenvalue weighted by molar-refractivity contribution is 7.47. The fraction of sp³-hybridized carbons (Fsp3) is 0.900. The second kappa shape index (κ2) is 43.6. The summed E-state index contributed by atoms with van der Waals surface area (Å²) < 4.78 is 35.1. The summed E-state index contributed by atoms with van der Waals surface area (Å²) in [5.74, 6) is -0.314. The van der Waals surface area contributed by atoms with Gasteiger partial charge >= 0.3 is 13.8 Å². The zero-order valence-corrected chi connectivity index (χ0v) is 40.6. The van der Waals surface area contributed by atoms with Gasteiger partial charge in [0.25, 0.3) is 0 Å². The van der Waals surface area contributed by atoms with Gasteiger partial charge in [0, 0.05) is 13.0 Å². The maximum Gasteiger partial charge on any atom is 0.472 e. The Labute approximate surface area is 366 Å². The van der Waals surface area contributed by atoms with Crippen LogP contribution in [0.4, 0.5) is 0 Å². The van der Waals surface area contributed by atoms with Crippen LogP contribution in [0.5, 0.6) is 0 Å². The molecule has 0 saturated carbocycles. The largest absolute Gasteiger partial charge is 0.472 e. The number of likely N-dealkylation sites (N-methyl/N-ethyl adjacent to an activating group) is 1. The normalized spacial score (nSPS) is 13.8. The van der Waals surface area contributed by atoms with E-state index in [2.05, 4.69) is 38.2 Å². The third-order valence-corrected chi connectivity index (χ3v) is 12.0. The van der Waals surface area contributed by atoms with Gasteiger partial charge < -0.3 is 18.9 Å². The van der Waals surface area contributed by atoms with Crippen molar-refractivity contribution in [3.05, 3.63) is 24.3 Å². The van der Waals surface area contributed by atoms with Gasteiger partial charge in [-0.05, 0) is 44.9 Å². The number of unbranched alkanes of at least 4 members (excludes halogenated alkanes) is 29. The van der Waals surface area contributed by atoms with Gasteiger partial charge in [0.2, 0.25) is 0 Å². The number of carbonyl (C=O) groups excluding carboxylic acids is 1. The van der Waals surface area contributed by atoms with E-state index >= 15 is 0 Å². The number of rotatable bonds is 47. The summed E-state index contributed by atoms with van der Waals surface area (Å²) >= 11 is 0. The Morgan fingerprint density at radius 3 is 1.37 bits per heavy atom. The molecule has 0 spiro atoms. The molecular formula is C50H99NO7P+. The third kappa shape index (κ3) is 47.9. The van der Waals surface area contributed by atoms with Crippen molar-refractivity contribution in [1.29, 1.82) is 0 Å². The first-order chi connectivity index (χ1) is 28.6. The van der Waals surface area contributed by atoms with Gasteiger partial charge in [-0.3, -0.25) is 13.8 Å². The Morgan fingerprint density at radius 2 is 0.932 bits per heavy atom. The molecule has 0 heterocycles. The highest BCUT2D eigenvalue weighted by Gasteiger charge is 2.26. The molecule has 9 heteroatoms. The molecule has 0 aliphatic carbocycles. The molecule has 0 aromatic rings. The van der Waals surface area contributed by atoms with Crippen LogP contribution in [-0.2, 0) is 27.9 Å². The van der Waals surface area contributed by atoms with Crippen LogP contribution in [0.2, 0.25) is 0 Å². The van der Waals surface area contributed by atoms with Crippen LogP contribution >= 0.6 is 7.82 Å². The van der Waals surface area contributed by atoms with Crippen LogP contribution in [0.1, 0.15) is 232 Å². The lowest BCUT2D eigenvalue weighted by Gasteiger charge is -2.24. The molecule has 0 aromatic carbocycles. The van der Waals surface area contributed by atoms with Crippen LogP contribution in [0.25, 0.3) is 0 Å². The average molecular weight is 857 g/mol. The van der Waals surface area contributed by atoms with Gasteiger partial charge in [0.15, 0.2) is 0 Å². The molecule has 2 unspecified atom stereocenters. The molecule has 0 amide bonds. The van der Waals surface area contributed by atoms with E-state index in [0.717, 1.165) is 38.5 Å². The van der Waals surface area contributed by atoms with E-state index in [1.807, 2.05) is 21.1 Å². The first-order valence-electron chi connectivity index (χ1n) is 25.1. The molecule has 0 fully saturated rings. The van der Waals surface area contributed by atoms with E-state index < -0.39 is 13.9 Å². The third-order valence-electron chi connectivity index (χ3n) is 11.0. The van der Waals surface area contributed by atoms with E-state index in [1.54, 1.807) is 0 Å². The van der Waals surface area contributed by atoms with Crippen LogP contribution in [0, 0.1) is 0 Å². The quantitative estimate of drug-likeness (QED) is 0.0214. The SMILES string of the molecule is CCCCCCC/C=C\C/C=C\CCCCCCCCCCCC(=O)OC(COCCCCCCCCCCCCCCCCCC)COP(=O)(O)OCC[N+](C)(C)C. The Balaban J connectivity index is 4.14. The number of quaternary nitrogens is 1. The fourth-order valence-corrected chi connectivity index (χ4v) is 7.86. The van der Waals surface area contributed by atoms with E-state index in [9.17, 15) is 14.3 Å². The van der Waals surface area contributed by atoms with Crippen molar-refractivity contribution < 1.29 is 37.3 Å². The number of nitrogens with zero attached hydrogens (tertiary/aromatic N) is 1. The molecule has 1 N–H and O–H groups in total. The molecule has 0 rings (SSSR count). The minimum atomic E-state index is -4.28. The summed E-state index contributed by atoms with van der Waals surface area (Å²) in [6, 6.07) is 0. The molecule has 8 nitrogen and oxygen atoms in total. The van der Waals surface area contributed by atoms with Crippen LogP contribution < -0.4 is 0 Å². The molecule has 59 heavy (non-hydrogen) atoms. The average Bonchev–Trinajstić information content (AvgIpc) is 3.19. The molecule has 0 aliphatic rings. The minimum absolute atomic E-state index is 0.0900. The molecule has 2 atom stereocenters. The lowest BCUT2D eigenvalue weighted by molar-refractivity contribution is -0.870. The molecule has 0 aliphatic heterocycles. The lowest BCUT2D eigenvalue weighted by atomic mass is 10.0. The predicted molar refractivity (Wildman–Crippen MR) is 252 cm³/mol. The van der Waals surface area contributed by atoms with Gasteiger partial charge in [-0.25, -0.2) is 4.57 Å². The molecule has 0 bridgehead atoms. The monoisotopic (exact) mass is 857 g/mol. The summed E-state index contributed by atoms with van der Waals surface area (Å²) in [5, 5.41) is 0. The summed E-state index contributed by atoms with van der Waals surface area (Å²) in [6.45, 7) is 5.66. The summed E-state index contributed by atoms with van der Waals surface area (Å²) in [4.78, 5) is 23.0. The summed E-state index contributed by atoms with van der Waals surface area (Å²) in [7, 11) is 1.68. The predicted octanol–water partition coefficient (Wildman–Crippen LogP) is 15.2. The van der Waals surface area contributed by atoms with Crippen LogP contribution in [0.3, 0.4) is 0 Å². The van der Waals surface area contributed by atoms with E-state index in [0.29, 0.717) is 24.1 Å². The lowest BCUT2D eigenvalue weighted by Crippen LogP contribution is -2.37. The maximum atomic E-state index is 12.7. The smallest absolute Gasteiger partial charge is 0.457 e. The number of esters is 1. The van der Waals surface area contributed by atoms with Gasteiger partial charge in [-0.1, -0.05) is 205 Å².